The first-order chi connectivity index (χ1) is 12.7. The van der Waals surface area contributed by atoms with E-state index in [1.165, 1.54) is 7.11 Å². The van der Waals surface area contributed by atoms with Gasteiger partial charge in [0.2, 0.25) is 0 Å². The lowest BCUT2D eigenvalue weighted by molar-refractivity contribution is -0.146. The molecule has 0 bridgehead atoms. The number of halogens is 3. The summed E-state index contributed by atoms with van der Waals surface area (Å²) in [5.41, 5.74) is -0.156. The van der Waals surface area contributed by atoms with E-state index in [0.29, 0.717) is 0 Å². The minimum Gasteiger partial charge on any atom is -0.467 e. The predicted molar refractivity (Wildman–Crippen MR) is 90.5 cm³/mol. The first kappa shape index (κ1) is 20.4. The van der Waals surface area contributed by atoms with Crippen LogP contribution in [0, 0.1) is 0 Å². The van der Waals surface area contributed by atoms with Crippen LogP contribution in [0.4, 0.5) is 13.2 Å². The second-order valence-electron chi connectivity index (χ2n) is 5.80. The van der Waals surface area contributed by atoms with Crippen molar-refractivity contribution in [3.8, 4) is 0 Å². The van der Waals surface area contributed by atoms with Gasteiger partial charge in [0.15, 0.2) is 6.10 Å². The quantitative estimate of drug-likeness (QED) is 0.755. The number of hydrogen-bond donors (Lipinski definition) is 2. The van der Waals surface area contributed by atoms with E-state index in [4.69, 9.17) is 0 Å². The molecule has 2 aromatic carbocycles. The highest BCUT2D eigenvalue weighted by Gasteiger charge is 2.31. The highest BCUT2D eigenvalue weighted by atomic mass is 19.4. The number of alkyl halides is 3. The fourth-order valence-electron chi connectivity index (χ4n) is 2.44. The van der Waals surface area contributed by atoms with Crippen molar-refractivity contribution in [1.29, 1.82) is 0 Å². The number of amides is 1. The van der Waals surface area contributed by atoms with E-state index >= 15 is 0 Å². The third kappa shape index (κ3) is 5.55. The molecule has 2 rings (SSSR count). The van der Waals surface area contributed by atoms with Crippen LogP contribution in [0.5, 0.6) is 0 Å². The van der Waals surface area contributed by atoms with E-state index in [0.717, 1.165) is 29.8 Å². The van der Waals surface area contributed by atoms with Gasteiger partial charge < -0.3 is 15.2 Å². The Morgan fingerprint density at radius 3 is 2.19 bits per heavy atom. The van der Waals surface area contributed by atoms with Gasteiger partial charge in [0.1, 0.15) is 6.04 Å². The lowest BCUT2D eigenvalue weighted by atomic mass is 10.0. The van der Waals surface area contributed by atoms with Crippen molar-refractivity contribution in [2.24, 2.45) is 0 Å². The number of methoxy groups -OCH3 is 1. The standard InChI is InChI=1S/C19H18F3NO4/c1-27-18(26)15(11-12-5-3-2-4-6-12)23-17(25)16(24)13-7-9-14(10-8-13)19(20,21)22/h2-10,15-16,24H,11H2,1H3,(H,23,25)/t15-,16-/m1/s1. The first-order valence-corrected chi connectivity index (χ1v) is 7.99. The molecule has 0 saturated heterocycles. The topological polar surface area (TPSA) is 75.6 Å². The molecule has 0 aliphatic heterocycles. The summed E-state index contributed by atoms with van der Waals surface area (Å²) in [5, 5.41) is 12.5. The van der Waals surface area contributed by atoms with Crippen LogP contribution in [0.15, 0.2) is 54.6 Å². The fraction of sp³-hybridized carbons (Fsp3) is 0.263. The summed E-state index contributed by atoms with van der Waals surface area (Å²) >= 11 is 0. The van der Waals surface area contributed by atoms with Crippen LogP contribution in [0.2, 0.25) is 0 Å². The number of benzene rings is 2. The van der Waals surface area contributed by atoms with Crippen LogP contribution in [-0.4, -0.2) is 30.1 Å². The lowest BCUT2D eigenvalue weighted by Crippen LogP contribution is -2.45. The highest BCUT2D eigenvalue weighted by Crippen LogP contribution is 2.30. The van der Waals surface area contributed by atoms with Crippen LogP contribution in [0.25, 0.3) is 0 Å². The first-order valence-electron chi connectivity index (χ1n) is 7.99. The maximum atomic E-state index is 12.6. The van der Waals surface area contributed by atoms with Gasteiger partial charge in [0.25, 0.3) is 5.91 Å². The van der Waals surface area contributed by atoms with Crippen molar-refractivity contribution in [2.45, 2.75) is 24.7 Å². The van der Waals surface area contributed by atoms with E-state index in [-0.39, 0.29) is 12.0 Å². The monoisotopic (exact) mass is 381 g/mol. The summed E-state index contributed by atoms with van der Waals surface area (Å²) in [5.74, 6) is -1.62. The van der Waals surface area contributed by atoms with Gasteiger partial charge in [-0.25, -0.2) is 4.79 Å². The third-order valence-electron chi connectivity index (χ3n) is 3.89. The summed E-state index contributed by atoms with van der Waals surface area (Å²) in [7, 11) is 1.17. The Labute approximate surface area is 153 Å². The minimum atomic E-state index is -4.52. The normalized spacial score (nSPS) is 13.5. The second-order valence-corrected chi connectivity index (χ2v) is 5.80. The molecule has 2 aromatic rings. The molecule has 0 aliphatic rings. The zero-order chi connectivity index (χ0) is 20.0. The molecule has 2 N–H and O–H groups in total. The van der Waals surface area contributed by atoms with Crippen molar-refractivity contribution in [3.63, 3.8) is 0 Å². The fourth-order valence-corrected chi connectivity index (χ4v) is 2.44. The van der Waals surface area contributed by atoms with Gasteiger partial charge in [-0.2, -0.15) is 13.2 Å². The Balaban J connectivity index is 2.10. The molecule has 2 atom stereocenters. The molecule has 27 heavy (non-hydrogen) atoms. The molecule has 0 spiro atoms. The number of ether oxygens (including phenoxy) is 1. The van der Waals surface area contributed by atoms with E-state index in [9.17, 15) is 27.9 Å². The van der Waals surface area contributed by atoms with Gasteiger partial charge in [-0.3, -0.25) is 4.79 Å². The number of esters is 1. The molecular weight excluding hydrogens is 363 g/mol. The zero-order valence-electron chi connectivity index (χ0n) is 14.4. The van der Waals surface area contributed by atoms with Crippen LogP contribution in [0.3, 0.4) is 0 Å². The Kier molecular flexibility index (Phi) is 6.57. The number of hydrogen-bond acceptors (Lipinski definition) is 4. The average Bonchev–Trinajstić information content (AvgIpc) is 2.66. The molecule has 5 nitrogen and oxygen atoms in total. The molecule has 0 unspecified atom stereocenters. The van der Waals surface area contributed by atoms with Crippen molar-refractivity contribution in [2.75, 3.05) is 7.11 Å². The van der Waals surface area contributed by atoms with Crippen LogP contribution in [-0.2, 0) is 26.9 Å². The smallest absolute Gasteiger partial charge is 0.416 e. The summed E-state index contributed by atoms with van der Waals surface area (Å²) in [4.78, 5) is 24.2. The summed E-state index contributed by atoms with van der Waals surface area (Å²) < 4.78 is 42.4. The number of aliphatic hydroxyl groups is 1. The Morgan fingerprint density at radius 1 is 1.07 bits per heavy atom. The molecule has 0 aliphatic carbocycles. The summed E-state index contributed by atoms with van der Waals surface area (Å²) in [6.45, 7) is 0. The largest absolute Gasteiger partial charge is 0.467 e. The number of rotatable bonds is 6. The number of nitrogens with one attached hydrogen (secondary N) is 1. The molecule has 144 valence electrons. The SMILES string of the molecule is COC(=O)[C@@H](Cc1ccccc1)NC(=O)[C@H](O)c1ccc(C(F)(F)F)cc1. The Morgan fingerprint density at radius 2 is 1.67 bits per heavy atom. The Bertz CT molecular complexity index is 776. The lowest BCUT2D eigenvalue weighted by Gasteiger charge is -2.19. The highest BCUT2D eigenvalue weighted by molar-refractivity contribution is 5.87. The minimum absolute atomic E-state index is 0.0242. The molecule has 0 aromatic heterocycles. The third-order valence-corrected chi connectivity index (χ3v) is 3.89. The predicted octanol–water partition coefficient (Wildman–Crippen LogP) is 2.64. The van der Waals surface area contributed by atoms with Crippen LogP contribution in [0.1, 0.15) is 22.8 Å². The number of carbonyl (C=O) groups is 2. The molecule has 1 amide bonds. The van der Waals surface area contributed by atoms with Gasteiger partial charge in [-0.05, 0) is 23.3 Å². The Hall–Kier alpha value is -2.87. The zero-order valence-corrected chi connectivity index (χ0v) is 14.4. The van der Waals surface area contributed by atoms with Crippen LogP contribution >= 0.6 is 0 Å². The average molecular weight is 381 g/mol. The van der Waals surface area contributed by atoms with Gasteiger partial charge in [-0.1, -0.05) is 42.5 Å². The second kappa shape index (κ2) is 8.68. The summed E-state index contributed by atoms with van der Waals surface area (Å²) in [6, 6.07) is 11.4. The van der Waals surface area contributed by atoms with Gasteiger partial charge in [-0.15, -0.1) is 0 Å². The van der Waals surface area contributed by atoms with Crippen molar-refractivity contribution in [3.05, 3.63) is 71.3 Å². The molecular formula is C19H18F3NO4. The van der Waals surface area contributed by atoms with Gasteiger partial charge >= 0.3 is 12.1 Å². The van der Waals surface area contributed by atoms with E-state index in [1.54, 1.807) is 30.3 Å². The van der Waals surface area contributed by atoms with Gasteiger partial charge in [0, 0.05) is 6.42 Å². The van der Waals surface area contributed by atoms with Crippen molar-refractivity contribution < 1.29 is 32.6 Å². The molecule has 0 saturated carbocycles. The van der Waals surface area contributed by atoms with Crippen LogP contribution < -0.4 is 5.32 Å². The van der Waals surface area contributed by atoms with Gasteiger partial charge in [0.05, 0.1) is 12.7 Å². The van der Waals surface area contributed by atoms with Crippen molar-refractivity contribution in [1.82, 2.24) is 5.32 Å². The van der Waals surface area contributed by atoms with E-state index in [2.05, 4.69) is 10.1 Å². The number of aliphatic hydroxyl groups excluding tert-OH is 1. The maximum absolute atomic E-state index is 12.6. The molecule has 0 radical (unpaired) electrons. The maximum Gasteiger partial charge on any atom is 0.416 e. The molecule has 0 fully saturated rings. The van der Waals surface area contributed by atoms with Crippen molar-refractivity contribution >= 4 is 11.9 Å². The molecule has 0 heterocycles. The summed E-state index contributed by atoms with van der Waals surface area (Å²) in [6.07, 6.45) is -6.11. The molecule has 8 heteroatoms. The van der Waals surface area contributed by atoms with E-state index < -0.39 is 35.8 Å². The number of carbonyl (C=O) groups excluding carboxylic acids is 2. The van der Waals surface area contributed by atoms with E-state index in [1.807, 2.05) is 0 Å².